The zero-order chi connectivity index (χ0) is 25.9. The molecule has 34 heavy (non-hydrogen) atoms. The third-order valence-electron chi connectivity index (χ3n) is 5.93. The maximum absolute atomic E-state index is 12.9. The maximum Gasteiger partial charge on any atom is 0.416 e. The number of hydrogen-bond acceptors (Lipinski definition) is 4. The van der Waals surface area contributed by atoms with Gasteiger partial charge in [-0.3, -0.25) is 4.79 Å². The van der Waals surface area contributed by atoms with Gasteiger partial charge in [0.1, 0.15) is 6.17 Å². The molecule has 3 rings (SSSR count). The molecule has 4 atom stereocenters. The van der Waals surface area contributed by atoms with Crippen LogP contribution >= 0.6 is 0 Å². The molecule has 0 saturated heterocycles. The molecule has 1 aromatic carbocycles. The van der Waals surface area contributed by atoms with Crippen LogP contribution in [-0.2, 0) is 22.1 Å². The molecule has 2 N–H and O–H groups in total. The number of hydrogen-bond donors (Lipinski definition) is 2. The second-order valence-electron chi connectivity index (χ2n) is 8.73. The normalized spacial score (nSPS) is 22.6. The molecule has 1 aromatic rings. The lowest BCUT2D eigenvalue weighted by molar-refractivity contribution is -0.147. The lowest BCUT2D eigenvalue weighted by atomic mass is 9.94. The van der Waals surface area contributed by atoms with Gasteiger partial charge in [-0.15, -0.1) is 0 Å². The number of nitrogens with one attached hydrogen (secondary N) is 1. The Balaban J connectivity index is 0.000000491. The Morgan fingerprint density at radius 3 is 2.38 bits per heavy atom. The number of nitrogens with zero attached hydrogens (tertiary/aromatic N) is 1. The molecule has 0 bridgehead atoms. The average Bonchev–Trinajstić information content (AvgIpc) is 3.29. The van der Waals surface area contributed by atoms with Crippen LogP contribution in [0.15, 0.2) is 18.2 Å². The SMILES string of the molecule is CCC.CCC(F)COC.CNC1CCC(C(=O)N2CCc3ccc(C(F)(F)F)cc3C2O)C1. The van der Waals surface area contributed by atoms with Crippen LogP contribution in [-0.4, -0.2) is 55.4 Å². The van der Waals surface area contributed by atoms with E-state index in [0.717, 1.165) is 25.0 Å². The maximum atomic E-state index is 12.9. The summed E-state index contributed by atoms with van der Waals surface area (Å²) in [5, 5.41) is 13.6. The van der Waals surface area contributed by atoms with Crippen molar-refractivity contribution in [2.24, 2.45) is 5.92 Å². The summed E-state index contributed by atoms with van der Waals surface area (Å²) in [4.78, 5) is 14.0. The van der Waals surface area contributed by atoms with Gasteiger partial charge >= 0.3 is 6.18 Å². The van der Waals surface area contributed by atoms with Gasteiger partial charge < -0.3 is 20.1 Å². The van der Waals surface area contributed by atoms with E-state index < -0.39 is 24.1 Å². The smallest absolute Gasteiger partial charge is 0.382 e. The number of halogens is 4. The molecule has 1 saturated carbocycles. The van der Waals surface area contributed by atoms with Crippen LogP contribution in [0.4, 0.5) is 17.6 Å². The van der Waals surface area contributed by atoms with Gasteiger partial charge in [-0.2, -0.15) is 13.2 Å². The fourth-order valence-corrected chi connectivity index (χ4v) is 4.00. The van der Waals surface area contributed by atoms with Crippen LogP contribution in [0.2, 0.25) is 0 Å². The van der Waals surface area contributed by atoms with Crippen molar-refractivity contribution in [3.63, 3.8) is 0 Å². The highest BCUT2D eigenvalue weighted by molar-refractivity contribution is 5.80. The molecule has 196 valence electrons. The van der Waals surface area contributed by atoms with Crippen LogP contribution in [0, 0.1) is 5.92 Å². The zero-order valence-corrected chi connectivity index (χ0v) is 20.9. The summed E-state index contributed by atoms with van der Waals surface area (Å²) in [7, 11) is 3.35. The van der Waals surface area contributed by atoms with Crippen LogP contribution < -0.4 is 5.32 Å². The first-order valence-electron chi connectivity index (χ1n) is 12.0. The van der Waals surface area contributed by atoms with Crippen LogP contribution in [0.5, 0.6) is 0 Å². The molecule has 0 spiro atoms. The number of aliphatic hydroxyl groups excluding tert-OH is 1. The topological polar surface area (TPSA) is 61.8 Å². The Bertz CT molecular complexity index is 745. The van der Waals surface area contributed by atoms with Gasteiger partial charge in [0.05, 0.1) is 12.2 Å². The standard InChI is InChI=1S/C17H21F3N2O2.C5H11FO.C3H8/c1-21-13-5-3-11(8-13)15(23)22-7-6-10-2-4-12(17(18,19)20)9-14(10)16(22)24;1-3-5(6)4-7-2;1-3-2/h2,4,9,11,13,16,21,24H,3,5-8H2,1H3;5H,3-4H2,1-2H3;3H2,1-2H3. The first kappa shape index (κ1) is 30.3. The zero-order valence-electron chi connectivity index (χ0n) is 20.9. The van der Waals surface area contributed by atoms with E-state index in [4.69, 9.17) is 0 Å². The Labute approximate surface area is 200 Å². The Kier molecular flexibility index (Phi) is 13.1. The van der Waals surface area contributed by atoms with Crippen LogP contribution in [0.3, 0.4) is 0 Å². The minimum absolute atomic E-state index is 0.164. The molecule has 4 unspecified atom stereocenters. The van der Waals surface area contributed by atoms with Gasteiger partial charge in [-0.25, -0.2) is 4.39 Å². The minimum atomic E-state index is -4.47. The van der Waals surface area contributed by atoms with Crippen LogP contribution in [0.1, 0.15) is 75.8 Å². The molecule has 1 aliphatic carbocycles. The second-order valence-corrected chi connectivity index (χ2v) is 8.73. The Morgan fingerprint density at radius 1 is 1.26 bits per heavy atom. The van der Waals surface area contributed by atoms with Crippen LogP contribution in [0.25, 0.3) is 0 Å². The van der Waals surface area contributed by atoms with Gasteiger partial charge in [0.25, 0.3) is 0 Å². The van der Waals surface area contributed by atoms with Gasteiger partial charge in [0.15, 0.2) is 6.23 Å². The average molecular weight is 493 g/mol. The Hall–Kier alpha value is -1.71. The fraction of sp³-hybridized carbons (Fsp3) is 0.720. The van der Waals surface area contributed by atoms with Crippen molar-refractivity contribution >= 4 is 5.91 Å². The fourth-order valence-electron chi connectivity index (χ4n) is 4.00. The highest BCUT2D eigenvalue weighted by Gasteiger charge is 2.38. The van der Waals surface area contributed by atoms with E-state index in [9.17, 15) is 27.5 Å². The molecule has 5 nitrogen and oxygen atoms in total. The van der Waals surface area contributed by atoms with E-state index in [2.05, 4.69) is 23.9 Å². The predicted molar refractivity (Wildman–Crippen MR) is 125 cm³/mol. The molecule has 0 aromatic heterocycles. The quantitative estimate of drug-likeness (QED) is 0.550. The summed E-state index contributed by atoms with van der Waals surface area (Å²) >= 11 is 0. The summed E-state index contributed by atoms with van der Waals surface area (Å²) < 4.78 is 55.2. The molecular weight excluding hydrogens is 452 g/mol. The monoisotopic (exact) mass is 492 g/mol. The van der Waals surface area contributed by atoms with Crippen molar-refractivity contribution < 1.29 is 32.2 Å². The lowest BCUT2D eigenvalue weighted by Gasteiger charge is -2.36. The first-order chi connectivity index (χ1) is 16.0. The van der Waals surface area contributed by atoms with E-state index in [1.165, 1.54) is 24.5 Å². The minimum Gasteiger partial charge on any atom is -0.382 e. The summed E-state index contributed by atoms with van der Waals surface area (Å²) in [5.41, 5.74) is 0.0531. The van der Waals surface area contributed by atoms with Crippen molar-refractivity contribution in [1.29, 1.82) is 0 Å². The number of amides is 1. The molecule has 1 aliphatic heterocycles. The van der Waals surface area contributed by atoms with Crippen molar-refractivity contribution in [3.05, 3.63) is 34.9 Å². The Morgan fingerprint density at radius 2 is 1.91 bits per heavy atom. The highest BCUT2D eigenvalue weighted by Crippen LogP contribution is 2.37. The number of alkyl halides is 4. The molecule has 1 fully saturated rings. The van der Waals surface area contributed by atoms with Crippen molar-refractivity contribution in [2.75, 3.05) is 27.3 Å². The van der Waals surface area contributed by atoms with Crippen molar-refractivity contribution in [3.8, 4) is 0 Å². The van der Waals surface area contributed by atoms with E-state index in [-0.39, 0.29) is 30.0 Å². The molecule has 0 radical (unpaired) electrons. The summed E-state index contributed by atoms with van der Waals surface area (Å²) in [6.07, 6.45) is -1.95. The van der Waals surface area contributed by atoms with E-state index in [0.29, 0.717) is 31.4 Å². The number of ether oxygens (including phenoxy) is 1. The largest absolute Gasteiger partial charge is 0.416 e. The predicted octanol–water partition coefficient (Wildman–Crippen LogP) is 5.27. The van der Waals surface area contributed by atoms with Gasteiger partial charge in [-0.1, -0.05) is 33.3 Å². The lowest BCUT2D eigenvalue weighted by Crippen LogP contribution is -2.43. The van der Waals surface area contributed by atoms with E-state index in [1.807, 2.05) is 7.05 Å². The van der Waals surface area contributed by atoms with E-state index >= 15 is 0 Å². The number of carbonyl (C=O) groups excluding carboxylic acids is 1. The number of methoxy groups -OCH3 is 1. The van der Waals surface area contributed by atoms with Crippen molar-refractivity contribution in [1.82, 2.24) is 10.2 Å². The summed E-state index contributed by atoms with van der Waals surface area (Å²) in [6, 6.07) is 3.67. The first-order valence-corrected chi connectivity index (χ1v) is 12.0. The molecule has 1 heterocycles. The van der Waals surface area contributed by atoms with Gasteiger partial charge in [0, 0.05) is 31.2 Å². The number of aliphatic hydroxyl groups is 1. The summed E-state index contributed by atoms with van der Waals surface area (Å²) in [5.74, 6) is -0.340. The molecule has 9 heteroatoms. The molecular formula is C25H40F4N2O3. The second kappa shape index (κ2) is 14.6. The number of rotatable bonds is 5. The third-order valence-corrected chi connectivity index (χ3v) is 5.93. The third kappa shape index (κ3) is 8.82. The van der Waals surface area contributed by atoms with E-state index in [1.54, 1.807) is 6.92 Å². The number of carbonyl (C=O) groups is 1. The highest BCUT2D eigenvalue weighted by atomic mass is 19.4. The molecule has 2 aliphatic rings. The molecule has 1 amide bonds. The van der Waals surface area contributed by atoms with Crippen molar-refractivity contribution in [2.45, 2.75) is 83.9 Å². The van der Waals surface area contributed by atoms with Gasteiger partial charge in [-0.05, 0) is 56.8 Å². The number of benzene rings is 1. The number of fused-ring (bicyclic) bond motifs is 1. The van der Waals surface area contributed by atoms with Gasteiger partial charge in [0.2, 0.25) is 5.91 Å². The summed E-state index contributed by atoms with van der Waals surface area (Å²) in [6.45, 7) is 6.61.